The van der Waals surface area contributed by atoms with Crippen molar-refractivity contribution >= 4 is 56.7 Å². The zero-order chi connectivity index (χ0) is 11.7. The fourth-order valence-electron chi connectivity index (χ4n) is 0.678. The second-order valence-electron chi connectivity index (χ2n) is 2.41. The molecule has 1 aromatic carbocycles. The standard InChI is InChI=1S/C7H4F3IO3S.HI/c8-7(9,10)15(12,13)14-6-4-2-1-3-5(6)11;/h1-4H;1H. The zero-order valence-corrected chi connectivity index (χ0v) is 12.7. The Morgan fingerprint density at radius 2 is 1.69 bits per heavy atom. The van der Waals surface area contributed by atoms with Crippen LogP contribution in [0.3, 0.4) is 0 Å². The topological polar surface area (TPSA) is 43.4 Å². The summed E-state index contributed by atoms with van der Waals surface area (Å²) >= 11 is 1.67. The first-order valence-electron chi connectivity index (χ1n) is 3.49. The lowest BCUT2D eigenvalue weighted by atomic mass is 10.3. The summed E-state index contributed by atoms with van der Waals surface area (Å²) in [5, 5.41) is 0. The van der Waals surface area contributed by atoms with E-state index in [0.717, 1.165) is 6.07 Å². The summed E-state index contributed by atoms with van der Waals surface area (Å²) in [6, 6.07) is 5.51. The first-order chi connectivity index (χ1) is 6.74. The number of hydrogen-bond donors (Lipinski definition) is 0. The van der Waals surface area contributed by atoms with Crippen molar-refractivity contribution in [3.05, 3.63) is 27.8 Å². The van der Waals surface area contributed by atoms with Crippen LogP contribution in [0, 0.1) is 3.57 Å². The number of halogens is 5. The van der Waals surface area contributed by atoms with Crippen molar-refractivity contribution in [3.63, 3.8) is 0 Å². The van der Waals surface area contributed by atoms with Gasteiger partial charge in [-0.1, -0.05) is 12.1 Å². The summed E-state index contributed by atoms with van der Waals surface area (Å²) in [5.74, 6) is -0.338. The third-order valence-corrected chi connectivity index (χ3v) is 3.18. The monoisotopic (exact) mass is 480 g/mol. The zero-order valence-electron chi connectivity index (χ0n) is 7.36. The predicted molar refractivity (Wildman–Crippen MR) is 70.2 cm³/mol. The molecule has 0 unspecified atom stereocenters. The van der Waals surface area contributed by atoms with Gasteiger partial charge in [0, 0.05) is 0 Å². The van der Waals surface area contributed by atoms with Crippen LogP contribution in [0.4, 0.5) is 13.2 Å². The summed E-state index contributed by atoms with van der Waals surface area (Å²) < 4.78 is 61.3. The van der Waals surface area contributed by atoms with Crippen molar-refractivity contribution in [1.29, 1.82) is 0 Å². The normalized spacial score (nSPS) is 11.8. The van der Waals surface area contributed by atoms with Crippen LogP contribution in [0.1, 0.15) is 0 Å². The van der Waals surface area contributed by atoms with Gasteiger partial charge in [-0.15, -0.1) is 24.0 Å². The maximum atomic E-state index is 11.9. The highest BCUT2D eigenvalue weighted by molar-refractivity contribution is 14.1. The molecule has 0 aliphatic heterocycles. The SMILES string of the molecule is I.O=S(=O)(Oc1ccccc1I)C(F)(F)F. The maximum absolute atomic E-state index is 11.9. The van der Waals surface area contributed by atoms with Gasteiger partial charge in [-0.25, -0.2) is 0 Å². The number of benzene rings is 1. The lowest BCUT2D eigenvalue weighted by molar-refractivity contribution is -0.0500. The molecule has 1 rings (SSSR count). The molecular formula is C7H5F3I2O3S. The highest BCUT2D eigenvalue weighted by Crippen LogP contribution is 2.29. The van der Waals surface area contributed by atoms with E-state index in [1.807, 2.05) is 0 Å². The number of alkyl halides is 3. The third kappa shape index (κ3) is 3.91. The van der Waals surface area contributed by atoms with Crippen LogP contribution in [0.25, 0.3) is 0 Å². The summed E-state index contributed by atoms with van der Waals surface area (Å²) in [6.45, 7) is 0. The molecule has 0 fully saturated rings. The lowest BCUT2D eigenvalue weighted by Crippen LogP contribution is -2.28. The van der Waals surface area contributed by atoms with Gasteiger partial charge < -0.3 is 4.18 Å². The van der Waals surface area contributed by atoms with E-state index in [-0.39, 0.29) is 33.3 Å². The Hall–Kier alpha value is 0.220. The Morgan fingerprint density at radius 1 is 1.19 bits per heavy atom. The molecule has 0 N–H and O–H groups in total. The molecule has 9 heteroatoms. The molecule has 0 bridgehead atoms. The lowest BCUT2D eigenvalue weighted by Gasteiger charge is -2.10. The average molecular weight is 480 g/mol. The number of hydrogen-bond acceptors (Lipinski definition) is 3. The fraction of sp³-hybridized carbons (Fsp3) is 0.143. The van der Waals surface area contributed by atoms with E-state index in [2.05, 4.69) is 4.18 Å². The van der Waals surface area contributed by atoms with Crippen LogP contribution in [-0.4, -0.2) is 13.9 Å². The van der Waals surface area contributed by atoms with Crippen molar-refractivity contribution in [2.45, 2.75) is 5.51 Å². The largest absolute Gasteiger partial charge is 0.534 e. The molecule has 16 heavy (non-hydrogen) atoms. The minimum absolute atomic E-state index is 0. The molecule has 92 valence electrons. The summed E-state index contributed by atoms with van der Waals surface area (Å²) in [7, 11) is -5.58. The van der Waals surface area contributed by atoms with Gasteiger partial charge in [0.2, 0.25) is 0 Å². The van der Waals surface area contributed by atoms with Crippen LogP contribution >= 0.6 is 46.6 Å². The van der Waals surface area contributed by atoms with Crippen LogP contribution in [0.15, 0.2) is 24.3 Å². The molecule has 0 heterocycles. The van der Waals surface area contributed by atoms with E-state index in [9.17, 15) is 21.6 Å². The third-order valence-electron chi connectivity index (χ3n) is 1.32. The van der Waals surface area contributed by atoms with Crippen molar-refractivity contribution in [1.82, 2.24) is 0 Å². The molecule has 0 amide bonds. The quantitative estimate of drug-likeness (QED) is 0.372. The molecule has 0 aliphatic carbocycles. The Bertz CT molecular complexity index is 458. The Morgan fingerprint density at radius 3 is 2.12 bits per heavy atom. The minimum Gasteiger partial charge on any atom is -0.375 e. The van der Waals surface area contributed by atoms with Crippen LogP contribution in [0.5, 0.6) is 5.75 Å². The second-order valence-corrected chi connectivity index (χ2v) is 5.11. The van der Waals surface area contributed by atoms with Gasteiger partial charge in [0.25, 0.3) is 0 Å². The van der Waals surface area contributed by atoms with E-state index >= 15 is 0 Å². The van der Waals surface area contributed by atoms with Gasteiger partial charge in [0.05, 0.1) is 3.57 Å². The molecule has 0 spiro atoms. The first kappa shape index (κ1) is 16.2. The molecule has 0 atom stereocenters. The molecule has 3 nitrogen and oxygen atoms in total. The van der Waals surface area contributed by atoms with Crippen molar-refractivity contribution in [3.8, 4) is 5.75 Å². The van der Waals surface area contributed by atoms with Gasteiger partial charge >= 0.3 is 15.6 Å². The molecule has 1 aromatic rings. The highest BCUT2D eigenvalue weighted by Gasteiger charge is 2.48. The van der Waals surface area contributed by atoms with E-state index in [1.54, 1.807) is 28.7 Å². The predicted octanol–water partition coefficient (Wildman–Crippen LogP) is 3.14. The molecule has 0 aromatic heterocycles. The van der Waals surface area contributed by atoms with Crippen molar-refractivity contribution in [2.24, 2.45) is 0 Å². The van der Waals surface area contributed by atoms with E-state index in [1.165, 1.54) is 12.1 Å². The fourth-order valence-corrected chi connectivity index (χ4v) is 1.80. The van der Waals surface area contributed by atoms with Gasteiger partial charge in [-0.05, 0) is 34.7 Å². The van der Waals surface area contributed by atoms with E-state index < -0.39 is 15.6 Å². The Kier molecular flexibility index (Phi) is 5.79. The van der Waals surface area contributed by atoms with Crippen LogP contribution in [-0.2, 0) is 10.1 Å². The summed E-state index contributed by atoms with van der Waals surface area (Å²) in [5.41, 5.74) is -5.41. The molecule has 0 saturated carbocycles. The molecule has 0 saturated heterocycles. The smallest absolute Gasteiger partial charge is 0.375 e. The molecule has 0 aliphatic rings. The first-order valence-corrected chi connectivity index (χ1v) is 5.98. The summed E-state index contributed by atoms with van der Waals surface area (Å²) in [4.78, 5) is 0. The Balaban J connectivity index is 0.00000225. The van der Waals surface area contributed by atoms with E-state index in [4.69, 9.17) is 0 Å². The van der Waals surface area contributed by atoms with Crippen LogP contribution in [0.2, 0.25) is 0 Å². The van der Waals surface area contributed by atoms with Gasteiger partial charge in [-0.2, -0.15) is 21.6 Å². The van der Waals surface area contributed by atoms with Crippen LogP contribution < -0.4 is 4.18 Å². The Labute approximate surface area is 121 Å². The van der Waals surface area contributed by atoms with Crippen molar-refractivity contribution < 1.29 is 25.8 Å². The number of para-hydroxylation sites is 1. The van der Waals surface area contributed by atoms with Gasteiger partial charge in [0.15, 0.2) is 5.75 Å². The number of rotatable bonds is 2. The van der Waals surface area contributed by atoms with Crippen molar-refractivity contribution in [2.75, 3.05) is 0 Å². The minimum atomic E-state index is -5.58. The molecule has 0 radical (unpaired) electrons. The molecular weight excluding hydrogens is 475 g/mol. The average Bonchev–Trinajstić information content (AvgIpc) is 2.06. The second kappa shape index (κ2) is 5.71. The van der Waals surface area contributed by atoms with Gasteiger partial charge in [-0.3, -0.25) is 0 Å². The maximum Gasteiger partial charge on any atom is 0.534 e. The van der Waals surface area contributed by atoms with E-state index in [0.29, 0.717) is 0 Å². The highest BCUT2D eigenvalue weighted by atomic mass is 127. The summed E-state index contributed by atoms with van der Waals surface area (Å²) in [6.07, 6.45) is 0. The van der Waals surface area contributed by atoms with Gasteiger partial charge in [0.1, 0.15) is 0 Å².